The summed E-state index contributed by atoms with van der Waals surface area (Å²) in [4.78, 5) is 13.4. The number of halogens is 1. The van der Waals surface area contributed by atoms with Gasteiger partial charge in [-0.05, 0) is 66.6 Å². The van der Waals surface area contributed by atoms with E-state index < -0.39 is 15.9 Å². The Balaban J connectivity index is 1.73. The summed E-state index contributed by atoms with van der Waals surface area (Å²) in [5.41, 5.74) is 5.19. The second-order valence-electron chi connectivity index (χ2n) is 8.34. The first-order valence-electron chi connectivity index (χ1n) is 11.7. The minimum Gasteiger partial charge on any atom is -0.497 e. The molecule has 0 bridgehead atoms. The maximum absolute atomic E-state index is 13.9. The van der Waals surface area contributed by atoms with Crippen LogP contribution in [0.15, 0.2) is 118 Å². The van der Waals surface area contributed by atoms with Gasteiger partial charge >= 0.3 is 0 Å². The van der Waals surface area contributed by atoms with Crippen molar-refractivity contribution in [1.82, 2.24) is 5.43 Å². The molecule has 4 aromatic rings. The summed E-state index contributed by atoms with van der Waals surface area (Å²) in [6.45, 7) is 1.81. The second-order valence-corrected chi connectivity index (χ2v) is 11.1. The van der Waals surface area contributed by atoms with Gasteiger partial charge in [0.1, 0.15) is 5.75 Å². The van der Waals surface area contributed by atoms with Crippen LogP contribution in [-0.2, 0) is 16.6 Å². The van der Waals surface area contributed by atoms with Crippen molar-refractivity contribution in [3.8, 4) is 5.75 Å². The fourth-order valence-corrected chi connectivity index (χ4v) is 5.65. The number of carbonyl (C=O) groups is 1. The maximum atomic E-state index is 13.9. The summed E-state index contributed by atoms with van der Waals surface area (Å²) in [6, 6.07) is 29.5. The van der Waals surface area contributed by atoms with Crippen LogP contribution >= 0.6 is 15.9 Å². The van der Waals surface area contributed by atoms with Crippen molar-refractivity contribution in [3.63, 3.8) is 0 Å². The number of para-hydroxylation sites is 1. The van der Waals surface area contributed by atoms with Crippen LogP contribution in [0.1, 0.15) is 28.4 Å². The quantitative estimate of drug-likeness (QED) is 0.191. The van der Waals surface area contributed by atoms with Crippen molar-refractivity contribution >= 4 is 43.3 Å². The average Bonchev–Trinajstić information content (AvgIpc) is 2.95. The molecule has 0 atom stereocenters. The van der Waals surface area contributed by atoms with Crippen LogP contribution in [0.3, 0.4) is 0 Å². The van der Waals surface area contributed by atoms with Crippen LogP contribution in [0, 0.1) is 0 Å². The lowest BCUT2D eigenvalue weighted by atomic mass is 10.1. The summed E-state index contributed by atoms with van der Waals surface area (Å²) in [6.07, 6.45) is 0. The van der Waals surface area contributed by atoms with E-state index in [0.29, 0.717) is 11.5 Å². The Kier molecular flexibility index (Phi) is 8.60. The van der Waals surface area contributed by atoms with Gasteiger partial charge in [0.25, 0.3) is 15.9 Å². The number of nitrogens with one attached hydrogen (secondary N) is 1. The zero-order valence-electron chi connectivity index (χ0n) is 20.8. The van der Waals surface area contributed by atoms with E-state index in [-0.39, 0.29) is 22.7 Å². The number of nitrogens with zero attached hydrogens (tertiary/aromatic N) is 2. The number of amides is 1. The van der Waals surface area contributed by atoms with E-state index in [1.165, 1.54) is 23.5 Å². The number of sulfonamides is 1. The van der Waals surface area contributed by atoms with Gasteiger partial charge in [-0.15, -0.1) is 0 Å². The van der Waals surface area contributed by atoms with Gasteiger partial charge in [0.15, 0.2) is 0 Å². The molecule has 194 valence electrons. The average molecular weight is 593 g/mol. The van der Waals surface area contributed by atoms with Gasteiger partial charge in [-0.3, -0.25) is 9.10 Å². The van der Waals surface area contributed by atoms with E-state index in [2.05, 4.69) is 26.5 Å². The Morgan fingerprint density at radius 3 is 2.29 bits per heavy atom. The molecule has 0 spiro atoms. The number of rotatable bonds is 9. The molecule has 1 amide bonds. The van der Waals surface area contributed by atoms with E-state index in [1.54, 1.807) is 43.3 Å². The lowest BCUT2D eigenvalue weighted by Crippen LogP contribution is -2.33. The number of ether oxygens (including phenoxy) is 1. The standard InChI is InChI=1S/C29H26BrN3O4S/c1-21(23-11-8-12-24(30)19-23)31-32-29(34)27-13-6-7-14-28(27)33(20-22-9-4-3-5-10-22)38(35,36)26-17-15-25(37-2)16-18-26/h3-19H,20H2,1-2H3,(H,32,34)/b31-21-. The van der Waals surface area contributed by atoms with Crippen molar-refractivity contribution in [1.29, 1.82) is 0 Å². The molecule has 0 saturated heterocycles. The summed E-state index contributed by atoms with van der Waals surface area (Å²) in [5, 5.41) is 4.25. The number of methoxy groups -OCH3 is 1. The molecule has 0 radical (unpaired) electrons. The molecule has 0 aromatic heterocycles. The Morgan fingerprint density at radius 2 is 1.61 bits per heavy atom. The largest absolute Gasteiger partial charge is 0.497 e. The highest BCUT2D eigenvalue weighted by Crippen LogP contribution is 2.30. The fourth-order valence-electron chi connectivity index (χ4n) is 3.78. The van der Waals surface area contributed by atoms with Crippen LogP contribution in [-0.4, -0.2) is 27.1 Å². The van der Waals surface area contributed by atoms with E-state index in [9.17, 15) is 13.2 Å². The number of benzene rings is 4. The van der Waals surface area contributed by atoms with Crippen molar-refractivity contribution in [2.24, 2.45) is 5.10 Å². The van der Waals surface area contributed by atoms with Gasteiger partial charge in [-0.2, -0.15) is 5.10 Å². The SMILES string of the molecule is COc1ccc(S(=O)(=O)N(Cc2ccccc2)c2ccccc2C(=O)N/N=C(/C)c2cccc(Br)c2)cc1. The zero-order valence-corrected chi connectivity index (χ0v) is 23.2. The maximum Gasteiger partial charge on any atom is 0.273 e. The fraction of sp³-hybridized carbons (Fsp3) is 0.103. The van der Waals surface area contributed by atoms with E-state index in [1.807, 2.05) is 54.6 Å². The summed E-state index contributed by atoms with van der Waals surface area (Å²) in [5.74, 6) is 0.00922. The van der Waals surface area contributed by atoms with Crippen LogP contribution in [0.25, 0.3) is 0 Å². The molecule has 9 heteroatoms. The van der Waals surface area contributed by atoms with E-state index in [0.717, 1.165) is 15.6 Å². The first-order valence-corrected chi connectivity index (χ1v) is 13.9. The first-order chi connectivity index (χ1) is 18.3. The Morgan fingerprint density at radius 1 is 0.921 bits per heavy atom. The minimum atomic E-state index is -4.06. The third kappa shape index (κ3) is 6.30. The summed E-state index contributed by atoms with van der Waals surface area (Å²) < 4.78 is 35.1. The van der Waals surface area contributed by atoms with Gasteiger partial charge in [-0.25, -0.2) is 13.8 Å². The molecule has 0 unspecified atom stereocenters. The Bertz CT molecular complexity index is 1560. The highest BCUT2D eigenvalue weighted by molar-refractivity contribution is 9.10. The van der Waals surface area contributed by atoms with E-state index in [4.69, 9.17) is 4.74 Å². The Labute approximate surface area is 231 Å². The number of anilines is 1. The molecule has 0 saturated carbocycles. The van der Waals surface area contributed by atoms with Gasteiger partial charge < -0.3 is 4.74 Å². The smallest absolute Gasteiger partial charge is 0.273 e. The molecular weight excluding hydrogens is 566 g/mol. The monoisotopic (exact) mass is 591 g/mol. The zero-order chi connectivity index (χ0) is 27.1. The molecule has 7 nitrogen and oxygen atoms in total. The van der Waals surface area contributed by atoms with Crippen LogP contribution in [0.4, 0.5) is 5.69 Å². The molecule has 0 heterocycles. The summed E-state index contributed by atoms with van der Waals surface area (Å²) in [7, 11) is -2.54. The summed E-state index contributed by atoms with van der Waals surface area (Å²) >= 11 is 3.43. The molecule has 0 aliphatic carbocycles. The van der Waals surface area contributed by atoms with Crippen LogP contribution in [0.2, 0.25) is 0 Å². The molecule has 0 fully saturated rings. The van der Waals surface area contributed by atoms with E-state index >= 15 is 0 Å². The highest BCUT2D eigenvalue weighted by atomic mass is 79.9. The minimum absolute atomic E-state index is 0.0276. The topological polar surface area (TPSA) is 88.1 Å². The van der Waals surface area contributed by atoms with Gasteiger partial charge in [-0.1, -0.05) is 70.5 Å². The van der Waals surface area contributed by atoms with Crippen LogP contribution in [0.5, 0.6) is 5.75 Å². The normalized spacial score (nSPS) is 11.6. The van der Waals surface area contributed by atoms with Gasteiger partial charge in [0.2, 0.25) is 0 Å². The molecule has 38 heavy (non-hydrogen) atoms. The van der Waals surface area contributed by atoms with Gasteiger partial charge in [0, 0.05) is 4.47 Å². The van der Waals surface area contributed by atoms with Crippen LogP contribution < -0.4 is 14.5 Å². The second kappa shape index (κ2) is 12.1. The first kappa shape index (κ1) is 27.1. The third-order valence-electron chi connectivity index (χ3n) is 5.80. The number of hydrazone groups is 1. The Hall–Kier alpha value is -3.95. The molecule has 0 aliphatic heterocycles. The van der Waals surface area contributed by atoms with Crippen molar-refractivity contribution in [2.75, 3.05) is 11.4 Å². The number of hydrogen-bond donors (Lipinski definition) is 1. The predicted octanol–water partition coefficient (Wildman–Crippen LogP) is 6.01. The highest BCUT2D eigenvalue weighted by Gasteiger charge is 2.28. The molecule has 1 N–H and O–H groups in total. The molecule has 4 aromatic carbocycles. The van der Waals surface area contributed by atoms with Crippen molar-refractivity contribution in [3.05, 3.63) is 124 Å². The van der Waals surface area contributed by atoms with Gasteiger partial charge in [0.05, 0.1) is 35.5 Å². The molecule has 4 rings (SSSR count). The lowest BCUT2D eigenvalue weighted by Gasteiger charge is -2.26. The number of hydrogen-bond acceptors (Lipinski definition) is 5. The third-order valence-corrected chi connectivity index (χ3v) is 8.07. The number of carbonyl (C=O) groups excluding carboxylic acids is 1. The predicted molar refractivity (Wildman–Crippen MR) is 153 cm³/mol. The van der Waals surface area contributed by atoms with Crippen molar-refractivity contribution in [2.45, 2.75) is 18.4 Å². The molecular formula is C29H26BrN3O4S. The van der Waals surface area contributed by atoms with Crippen molar-refractivity contribution < 1.29 is 17.9 Å². The lowest BCUT2D eigenvalue weighted by molar-refractivity contribution is 0.0955. The molecule has 0 aliphatic rings.